The molecule has 0 N–H and O–H groups in total. The van der Waals surface area contributed by atoms with Gasteiger partial charge >= 0.3 is 0 Å². The average Bonchev–Trinajstić information content (AvgIpc) is 2.34. The summed E-state index contributed by atoms with van der Waals surface area (Å²) >= 11 is 12.2. The Morgan fingerprint density at radius 2 is 1.89 bits per heavy atom. The minimum atomic E-state index is 0.458. The highest BCUT2D eigenvalue weighted by molar-refractivity contribution is 6.32. The van der Waals surface area contributed by atoms with Crippen LogP contribution in [0, 0.1) is 0 Å². The minimum Gasteiger partial charge on any atom is -0.371 e. The van der Waals surface area contributed by atoms with Gasteiger partial charge in [-0.25, -0.2) is 0 Å². The lowest BCUT2D eigenvalue weighted by molar-refractivity contribution is 0.400. The van der Waals surface area contributed by atoms with E-state index in [1.54, 1.807) is 0 Å². The summed E-state index contributed by atoms with van der Waals surface area (Å²) in [4.78, 5) is 4.54. The predicted molar refractivity (Wildman–Crippen MR) is 82.1 cm³/mol. The molecule has 1 aromatic carbocycles. The van der Waals surface area contributed by atoms with Crippen molar-refractivity contribution < 1.29 is 0 Å². The van der Waals surface area contributed by atoms with E-state index in [0.717, 1.165) is 36.6 Å². The number of anilines is 1. The highest BCUT2D eigenvalue weighted by Crippen LogP contribution is 2.29. The first kappa shape index (κ1) is 15.6. The molecule has 0 atom stereocenters. The van der Waals surface area contributed by atoms with Crippen molar-refractivity contribution in [2.45, 2.75) is 19.2 Å². The van der Waals surface area contributed by atoms with Gasteiger partial charge in [0.15, 0.2) is 0 Å². The van der Waals surface area contributed by atoms with Crippen LogP contribution in [0.3, 0.4) is 0 Å². The summed E-state index contributed by atoms with van der Waals surface area (Å²) in [6.45, 7) is 5.25. The van der Waals surface area contributed by atoms with Crippen LogP contribution >= 0.6 is 23.2 Å². The minimum absolute atomic E-state index is 0.458. The molecule has 4 heteroatoms. The lowest BCUT2D eigenvalue weighted by Gasteiger charge is -2.26. The normalized spacial score (nSPS) is 11.0. The maximum Gasteiger partial charge on any atom is 0.0509 e. The van der Waals surface area contributed by atoms with Gasteiger partial charge < -0.3 is 9.80 Å². The van der Waals surface area contributed by atoms with E-state index < -0.39 is 0 Å². The number of benzene rings is 1. The van der Waals surface area contributed by atoms with Crippen molar-refractivity contribution >= 4 is 28.9 Å². The lowest BCUT2D eigenvalue weighted by Crippen LogP contribution is -2.27. The predicted octanol–water partition coefficient (Wildman–Crippen LogP) is 3.86. The quantitative estimate of drug-likeness (QED) is 0.703. The smallest absolute Gasteiger partial charge is 0.0509 e. The van der Waals surface area contributed by atoms with Crippen molar-refractivity contribution in [1.29, 1.82) is 0 Å². The molecule has 0 saturated carbocycles. The molecule has 18 heavy (non-hydrogen) atoms. The molecule has 0 amide bonds. The molecule has 0 aliphatic heterocycles. The first-order chi connectivity index (χ1) is 8.60. The van der Waals surface area contributed by atoms with Crippen LogP contribution in [0.1, 0.15) is 18.9 Å². The van der Waals surface area contributed by atoms with Crippen LogP contribution in [0.5, 0.6) is 0 Å². The molecule has 1 aromatic rings. The van der Waals surface area contributed by atoms with Gasteiger partial charge in [-0.1, -0.05) is 17.7 Å². The van der Waals surface area contributed by atoms with Crippen molar-refractivity contribution in [1.82, 2.24) is 4.90 Å². The van der Waals surface area contributed by atoms with Crippen LogP contribution in [-0.4, -0.2) is 38.6 Å². The Kier molecular flexibility index (Phi) is 6.83. The van der Waals surface area contributed by atoms with Crippen molar-refractivity contribution in [3.63, 3.8) is 0 Å². The van der Waals surface area contributed by atoms with Crippen molar-refractivity contribution in [3.05, 3.63) is 28.8 Å². The van der Waals surface area contributed by atoms with Crippen LogP contribution in [0.2, 0.25) is 5.02 Å². The molecule has 0 bridgehead atoms. The van der Waals surface area contributed by atoms with Crippen molar-refractivity contribution in [2.24, 2.45) is 0 Å². The Labute approximate surface area is 120 Å². The van der Waals surface area contributed by atoms with Crippen LogP contribution in [0.4, 0.5) is 5.69 Å². The summed E-state index contributed by atoms with van der Waals surface area (Å²) in [7, 11) is 4.19. The average molecular weight is 289 g/mol. The molecule has 1 rings (SSSR count). The zero-order valence-corrected chi connectivity index (χ0v) is 12.9. The van der Waals surface area contributed by atoms with Gasteiger partial charge in [-0.3, -0.25) is 0 Å². The molecule has 0 aromatic heterocycles. The molecular weight excluding hydrogens is 267 g/mol. The van der Waals surface area contributed by atoms with E-state index in [4.69, 9.17) is 23.2 Å². The van der Waals surface area contributed by atoms with Gasteiger partial charge in [0.1, 0.15) is 0 Å². The topological polar surface area (TPSA) is 6.48 Å². The third-order valence-electron chi connectivity index (χ3n) is 2.98. The Morgan fingerprint density at radius 3 is 2.44 bits per heavy atom. The molecule has 0 spiro atoms. The van der Waals surface area contributed by atoms with E-state index >= 15 is 0 Å². The largest absolute Gasteiger partial charge is 0.371 e. The zero-order chi connectivity index (χ0) is 13.5. The Bertz CT molecular complexity index is 367. The third-order valence-corrected chi connectivity index (χ3v) is 3.60. The molecule has 0 aliphatic carbocycles. The second-order valence-electron chi connectivity index (χ2n) is 4.61. The fraction of sp³-hybridized carbons (Fsp3) is 0.571. The van der Waals surface area contributed by atoms with Crippen LogP contribution in [0.25, 0.3) is 0 Å². The van der Waals surface area contributed by atoms with E-state index in [-0.39, 0.29) is 0 Å². The second-order valence-corrected chi connectivity index (χ2v) is 5.28. The summed E-state index contributed by atoms with van der Waals surface area (Å²) in [5, 5.41) is 0.758. The van der Waals surface area contributed by atoms with Crippen molar-refractivity contribution in [2.75, 3.05) is 38.6 Å². The van der Waals surface area contributed by atoms with E-state index in [0.29, 0.717) is 5.88 Å². The van der Waals surface area contributed by atoms with Crippen LogP contribution < -0.4 is 4.90 Å². The molecular formula is C14H22Cl2N2. The zero-order valence-electron chi connectivity index (χ0n) is 11.4. The first-order valence-corrected chi connectivity index (χ1v) is 7.24. The van der Waals surface area contributed by atoms with E-state index in [1.807, 2.05) is 12.1 Å². The summed E-state index contributed by atoms with van der Waals surface area (Å²) < 4.78 is 0. The number of nitrogens with zero attached hydrogens (tertiary/aromatic N) is 2. The molecule has 0 radical (unpaired) electrons. The van der Waals surface area contributed by atoms with Gasteiger partial charge in [-0.05, 0) is 46.1 Å². The van der Waals surface area contributed by atoms with Gasteiger partial charge in [-0.2, -0.15) is 0 Å². The fourth-order valence-electron chi connectivity index (χ4n) is 2.00. The van der Waals surface area contributed by atoms with Crippen LogP contribution in [-0.2, 0) is 5.88 Å². The maximum absolute atomic E-state index is 6.20. The number of hydrogen-bond acceptors (Lipinski definition) is 2. The Morgan fingerprint density at radius 1 is 1.17 bits per heavy atom. The van der Waals surface area contributed by atoms with Gasteiger partial charge in [0, 0.05) is 29.4 Å². The SMILES string of the molecule is CCN(CCCN(C)C)c1cccc(Cl)c1CCl. The fourth-order valence-corrected chi connectivity index (χ4v) is 2.59. The van der Waals surface area contributed by atoms with Gasteiger partial charge in [0.2, 0.25) is 0 Å². The lowest BCUT2D eigenvalue weighted by atomic mass is 10.1. The van der Waals surface area contributed by atoms with Gasteiger partial charge in [-0.15, -0.1) is 11.6 Å². The summed E-state index contributed by atoms with van der Waals surface area (Å²) in [5.74, 6) is 0.458. The molecule has 2 nitrogen and oxygen atoms in total. The monoisotopic (exact) mass is 288 g/mol. The number of rotatable bonds is 7. The molecule has 0 heterocycles. The molecule has 0 fully saturated rings. The summed E-state index contributed by atoms with van der Waals surface area (Å²) in [6, 6.07) is 5.99. The summed E-state index contributed by atoms with van der Waals surface area (Å²) in [6.07, 6.45) is 1.13. The number of alkyl halides is 1. The van der Waals surface area contributed by atoms with E-state index in [1.165, 1.54) is 5.69 Å². The molecule has 0 saturated heterocycles. The summed E-state index contributed by atoms with van der Waals surface area (Å²) in [5.41, 5.74) is 2.20. The molecule has 0 aliphatic rings. The van der Waals surface area contributed by atoms with Gasteiger partial charge in [0.05, 0.1) is 5.88 Å². The highest BCUT2D eigenvalue weighted by atomic mass is 35.5. The highest BCUT2D eigenvalue weighted by Gasteiger charge is 2.11. The molecule has 0 unspecified atom stereocenters. The van der Waals surface area contributed by atoms with Crippen LogP contribution in [0.15, 0.2) is 18.2 Å². The van der Waals surface area contributed by atoms with E-state index in [9.17, 15) is 0 Å². The van der Waals surface area contributed by atoms with Crippen molar-refractivity contribution in [3.8, 4) is 0 Å². The maximum atomic E-state index is 6.20. The number of hydrogen-bond donors (Lipinski definition) is 0. The third kappa shape index (κ3) is 4.34. The van der Waals surface area contributed by atoms with Gasteiger partial charge in [0.25, 0.3) is 0 Å². The Hall–Kier alpha value is -0.440. The molecule has 102 valence electrons. The Balaban J connectivity index is 2.78. The standard InChI is InChI=1S/C14H22Cl2N2/c1-4-18(10-6-9-17(2)3)14-8-5-7-13(16)12(14)11-15/h5,7-8H,4,6,9-11H2,1-3H3. The van der Waals surface area contributed by atoms with E-state index in [2.05, 4.69) is 36.9 Å². The second kappa shape index (κ2) is 7.88. The first-order valence-electron chi connectivity index (χ1n) is 6.33. The number of halogens is 2.